The average Bonchev–Trinajstić information content (AvgIpc) is 1.38. The molecule has 0 saturated heterocycles. The molecular formula is CH2INS2. The van der Waals surface area contributed by atoms with Crippen LogP contribution in [-0.2, 0) is 0 Å². The molecule has 4 heteroatoms. The number of thiocarbonyl (C=S) groups is 1. The number of hydrogen-bond donors (Lipinski definition) is 2. The zero-order valence-electron chi connectivity index (χ0n) is 2.23. The van der Waals surface area contributed by atoms with E-state index in [2.05, 4.69) is 28.4 Å². The van der Waals surface area contributed by atoms with E-state index in [0.717, 1.165) is 0 Å². The third kappa shape index (κ3) is 4.97. The van der Waals surface area contributed by atoms with Gasteiger partial charge >= 0.3 is 0 Å². The third-order valence-electron chi connectivity index (χ3n) is 0.0808. The van der Waals surface area contributed by atoms with Gasteiger partial charge in [0.1, 0.15) is 4.32 Å². The highest BCUT2D eigenvalue weighted by atomic mass is 127. The van der Waals surface area contributed by atoms with Gasteiger partial charge in [-0.1, -0.05) is 12.2 Å². The number of hydrogen-bond acceptors (Lipinski definition) is 1. The summed E-state index contributed by atoms with van der Waals surface area (Å²) >= 11 is 10.1. The van der Waals surface area contributed by atoms with E-state index < -0.39 is 0 Å². The lowest BCUT2D eigenvalue weighted by Gasteiger charge is -1.80. The molecule has 0 aromatic rings. The molecule has 0 atom stereocenters. The second kappa shape index (κ2) is 3.17. The second-order valence-corrected chi connectivity index (χ2v) is 2.10. The van der Waals surface area contributed by atoms with Crippen LogP contribution < -0.4 is 3.53 Å². The highest BCUT2D eigenvalue weighted by Crippen LogP contribution is 1.78. The van der Waals surface area contributed by atoms with Gasteiger partial charge in [0.2, 0.25) is 0 Å². The Labute approximate surface area is 55.4 Å². The minimum absolute atomic E-state index is 0.519. The van der Waals surface area contributed by atoms with Crippen molar-refractivity contribution in [3.05, 3.63) is 0 Å². The normalized spacial score (nSPS) is 6.80. The number of halogens is 1. The van der Waals surface area contributed by atoms with E-state index in [-0.39, 0.29) is 0 Å². The molecule has 0 radical (unpaired) electrons. The highest BCUT2D eigenvalue weighted by Gasteiger charge is 1.70. The molecule has 0 aliphatic rings. The Morgan fingerprint density at radius 3 is 2.20 bits per heavy atom. The molecule has 0 saturated carbocycles. The lowest BCUT2D eigenvalue weighted by Crippen LogP contribution is -1.96. The lowest BCUT2D eigenvalue weighted by molar-refractivity contribution is 1.76. The first kappa shape index (κ1) is 5.97. The van der Waals surface area contributed by atoms with Crippen LogP contribution in [0.4, 0.5) is 0 Å². The molecule has 0 aromatic carbocycles. The fraction of sp³-hybridized carbons (Fsp3) is 0. The lowest BCUT2D eigenvalue weighted by atomic mass is 11.5. The summed E-state index contributed by atoms with van der Waals surface area (Å²) in [5, 5.41) is 0. The third-order valence-corrected chi connectivity index (χ3v) is 1.63. The van der Waals surface area contributed by atoms with Gasteiger partial charge in [0.15, 0.2) is 0 Å². The molecule has 0 bridgehead atoms. The molecule has 0 fully saturated rings. The maximum absolute atomic E-state index is 4.44. The monoisotopic (exact) mass is 219 g/mol. The van der Waals surface area contributed by atoms with Crippen LogP contribution in [0, 0.1) is 0 Å². The van der Waals surface area contributed by atoms with Gasteiger partial charge in [-0.2, -0.15) is 0 Å². The van der Waals surface area contributed by atoms with Crippen LogP contribution >= 0.6 is 47.7 Å². The van der Waals surface area contributed by atoms with Crippen molar-refractivity contribution < 1.29 is 0 Å². The van der Waals surface area contributed by atoms with Crippen molar-refractivity contribution in [2.75, 3.05) is 0 Å². The van der Waals surface area contributed by atoms with Crippen LogP contribution in [0.25, 0.3) is 0 Å². The molecule has 0 aliphatic carbocycles. The summed E-state index contributed by atoms with van der Waals surface area (Å²) in [6, 6.07) is 0. The maximum Gasteiger partial charge on any atom is 0.139 e. The summed E-state index contributed by atoms with van der Waals surface area (Å²) in [7, 11) is 0. The first-order chi connectivity index (χ1) is 2.27. The number of rotatable bonds is 0. The number of nitrogens with one attached hydrogen (secondary N) is 1. The van der Waals surface area contributed by atoms with Gasteiger partial charge < -0.3 is 3.53 Å². The quantitative estimate of drug-likeness (QED) is 0.274. The van der Waals surface area contributed by atoms with Gasteiger partial charge in [-0.25, -0.2) is 0 Å². The molecule has 0 unspecified atom stereocenters. The summed E-state index contributed by atoms with van der Waals surface area (Å²) in [5.41, 5.74) is 0. The van der Waals surface area contributed by atoms with Crippen LogP contribution in [0.1, 0.15) is 0 Å². The van der Waals surface area contributed by atoms with E-state index in [4.69, 9.17) is 0 Å². The Bertz CT molecular complexity index is 44.9. The molecule has 0 amide bonds. The van der Waals surface area contributed by atoms with Crippen molar-refractivity contribution in [3.63, 3.8) is 0 Å². The molecule has 0 aromatic heterocycles. The predicted octanol–water partition coefficient (Wildman–Crippen LogP) is 1.14. The fourth-order valence-corrected chi connectivity index (χ4v) is 0. The second-order valence-electron chi connectivity index (χ2n) is 0.400. The standard InChI is InChI=1S/CH2INS2/c2-3-1(4)5/h(H2,3,4,5). The van der Waals surface area contributed by atoms with Crippen molar-refractivity contribution in [1.29, 1.82) is 0 Å². The molecular weight excluding hydrogens is 217 g/mol. The number of thiol groups is 1. The zero-order valence-corrected chi connectivity index (χ0v) is 6.10. The van der Waals surface area contributed by atoms with E-state index in [1.165, 1.54) is 0 Å². The minimum Gasteiger partial charge on any atom is -0.314 e. The van der Waals surface area contributed by atoms with E-state index >= 15 is 0 Å². The Morgan fingerprint density at radius 1 is 2.00 bits per heavy atom. The Balaban J connectivity index is 2.85. The summed E-state index contributed by atoms with van der Waals surface area (Å²) in [6.45, 7) is 0. The predicted molar refractivity (Wildman–Crippen MR) is 38.7 cm³/mol. The van der Waals surface area contributed by atoms with Gasteiger partial charge in [-0.05, 0) is 0 Å². The maximum atomic E-state index is 4.44. The van der Waals surface area contributed by atoms with Gasteiger partial charge in [0.25, 0.3) is 0 Å². The molecule has 0 rings (SSSR count). The molecule has 0 aliphatic heterocycles. The SMILES string of the molecule is S=C(S)NI. The smallest absolute Gasteiger partial charge is 0.139 e. The van der Waals surface area contributed by atoms with Crippen LogP contribution in [0.5, 0.6) is 0 Å². The summed E-state index contributed by atoms with van der Waals surface area (Å²) in [4.78, 5) is 0. The van der Waals surface area contributed by atoms with Crippen LogP contribution in [-0.4, -0.2) is 4.32 Å². The van der Waals surface area contributed by atoms with Gasteiger partial charge in [-0.3, -0.25) is 0 Å². The van der Waals surface area contributed by atoms with Crippen LogP contribution in [0.3, 0.4) is 0 Å². The average molecular weight is 219 g/mol. The summed E-state index contributed by atoms with van der Waals surface area (Å²) in [5.74, 6) is 0. The minimum atomic E-state index is 0.519. The molecule has 1 N–H and O–H groups in total. The Hall–Kier alpha value is 0.970. The van der Waals surface area contributed by atoms with Gasteiger partial charge in [-0.15, -0.1) is 12.6 Å². The molecule has 30 valence electrons. The van der Waals surface area contributed by atoms with E-state index in [0.29, 0.717) is 4.32 Å². The van der Waals surface area contributed by atoms with Gasteiger partial charge in [0, 0.05) is 0 Å². The van der Waals surface area contributed by atoms with E-state index in [1.807, 2.05) is 22.9 Å². The molecule has 0 heterocycles. The largest absolute Gasteiger partial charge is 0.314 e. The van der Waals surface area contributed by atoms with Gasteiger partial charge in [0.05, 0.1) is 22.9 Å². The van der Waals surface area contributed by atoms with Crippen molar-refractivity contribution >= 4 is 52.0 Å². The van der Waals surface area contributed by atoms with Crippen molar-refractivity contribution in [1.82, 2.24) is 3.53 Å². The van der Waals surface area contributed by atoms with Crippen molar-refractivity contribution in [3.8, 4) is 0 Å². The highest BCUT2D eigenvalue weighted by molar-refractivity contribution is 14.1. The van der Waals surface area contributed by atoms with E-state index in [1.54, 1.807) is 0 Å². The first-order valence-electron chi connectivity index (χ1n) is 0.867. The summed E-state index contributed by atoms with van der Waals surface area (Å²) in [6.07, 6.45) is 0. The zero-order chi connectivity index (χ0) is 4.28. The van der Waals surface area contributed by atoms with Crippen molar-refractivity contribution in [2.24, 2.45) is 0 Å². The first-order valence-corrected chi connectivity index (χ1v) is 2.80. The fourth-order valence-electron chi connectivity index (χ4n) is 0. The summed E-state index contributed by atoms with van der Waals surface area (Å²) < 4.78 is 3.11. The molecule has 0 spiro atoms. The Kier molecular flexibility index (Phi) is 3.79. The van der Waals surface area contributed by atoms with Crippen LogP contribution in [0.2, 0.25) is 0 Å². The van der Waals surface area contributed by atoms with Crippen LogP contribution in [0.15, 0.2) is 0 Å². The topological polar surface area (TPSA) is 12.0 Å². The van der Waals surface area contributed by atoms with Crippen molar-refractivity contribution in [2.45, 2.75) is 0 Å². The molecule has 5 heavy (non-hydrogen) atoms. The Morgan fingerprint density at radius 2 is 2.20 bits per heavy atom. The molecule has 1 nitrogen and oxygen atoms in total. The van der Waals surface area contributed by atoms with E-state index in [9.17, 15) is 0 Å².